The Morgan fingerprint density at radius 1 is 0.862 bits per heavy atom. The van der Waals surface area contributed by atoms with Gasteiger partial charge in [0.2, 0.25) is 11.7 Å². The molecule has 0 radical (unpaired) electrons. The summed E-state index contributed by atoms with van der Waals surface area (Å²) in [5.74, 6) is -1.29. The van der Waals surface area contributed by atoms with Gasteiger partial charge in [-0.15, -0.1) is 0 Å². The van der Waals surface area contributed by atoms with Crippen molar-refractivity contribution >= 4 is 34.9 Å². The number of esters is 1. The van der Waals surface area contributed by atoms with Gasteiger partial charge in [-0.25, -0.2) is 4.79 Å². The number of benzene rings is 3. The summed E-state index contributed by atoms with van der Waals surface area (Å²) in [5, 5.41) is 3.12. The number of halogens is 1. The molecular weight excluding hydrogens is 390 g/mol. The summed E-state index contributed by atoms with van der Waals surface area (Å²) in [5.41, 5.74) is 1.62. The van der Waals surface area contributed by atoms with Gasteiger partial charge < -0.3 is 10.1 Å². The van der Waals surface area contributed by atoms with Crippen molar-refractivity contribution in [3.63, 3.8) is 0 Å². The Kier molecular flexibility index (Phi) is 6.42. The Morgan fingerprint density at radius 3 is 2.21 bits per heavy atom. The summed E-state index contributed by atoms with van der Waals surface area (Å²) in [7, 11) is 0. The second kappa shape index (κ2) is 9.17. The molecule has 0 aromatic heterocycles. The topological polar surface area (TPSA) is 72.5 Å². The van der Waals surface area contributed by atoms with Gasteiger partial charge in [0.15, 0.2) is 6.10 Å². The van der Waals surface area contributed by atoms with Gasteiger partial charge in [-0.05, 0) is 42.5 Å². The SMILES string of the molecule is CC(=O)Nc1cccc(C(=O)OC(C(=O)c2ccc(Cl)cc2)c2ccccc2)c1. The van der Waals surface area contributed by atoms with E-state index in [0.717, 1.165) is 0 Å². The van der Waals surface area contributed by atoms with E-state index >= 15 is 0 Å². The van der Waals surface area contributed by atoms with Crippen molar-refractivity contribution in [3.8, 4) is 0 Å². The third kappa shape index (κ3) is 5.30. The molecule has 1 unspecified atom stereocenters. The number of ketones is 1. The van der Waals surface area contributed by atoms with Crippen LogP contribution >= 0.6 is 11.6 Å². The average molecular weight is 408 g/mol. The molecule has 5 nitrogen and oxygen atoms in total. The molecule has 0 fully saturated rings. The summed E-state index contributed by atoms with van der Waals surface area (Å²) >= 11 is 5.90. The van der Waals surface area contributed by atoms with Crippen molar-refractivity contribution in [3.05, 3.63) is 101 Å². The minimum Gasteiger partial charge on any atom is -0.445 e. The lowest BCUT2D eigenvalue weighted by molar-refractivity contribution is -0.114. The molecule has 3 aromatic carbocycles. The molecule has 1 amide bonds. The summed E-state index contributed by atoms with van der Waals surface area (Å²) in [6.07, 6.45) is -1.12. The molecule has 0 heterocycles. The van der Waals surface area contributed by atoms with Crippen LogP contribution in [0.25, 0.3) is 0 Å². The van der Waals surface area contributed by atoms with E-state index in [1.807, 2.05) is 6.07 Å². The van der Waals surface area contributed by atoms with Crippen LogP contribution in [-0.4, -0.2) is 17.7 Å². The highest BCUT2D eigenvalue weighted by Crippen LogP contribution is 2.25. The Hall–Kier alpha value is -3.44. The van der Waals surface area contributed by atoms with Crippen LogP contribution < -0.4 is 5.32 Å². The van der Waals surface area contributed by atoms with Gasteiger partial charge in [-0.2, -0.15) is 0 Å². The van der Waals surface area contributed by atoms with Crippen LogP contribution in [0.2, 0.25) is 5.02 Å². The number of hydrogen-bond acceptors (Lipinski definition) is 4. The third-order valence-corrected chi connectivity index (χ3v) is 4.36. The number of carbonyl (C=O) groups is 3. The zero-order valence-corrected chi connectivity index (χ0v) is 16.3. The molecule has 146 valence electrons. The van der Waals surface area contributed by atoms with Gasteiger partial charge in [-0.3, -0.25) is 9.59 Å². The minimum atomic E-state index is -1.12. The number of ether oxygens (including phenoxy) is 1. The Labute approximate surface area is 173 Å². The highest BCUT2D eigenvalue weighted by molar-refractivity contribution is 6.30. The zero-order valence-electron chi connectivity index (χ0n) is 15.6. The first-order valence-corrected chi connectivity index (χ1v) is 9.25. The molecule has 0 bridgehead atoms. The van der Waals surface area contributed by atoms with Crippen molar-refractivity contribution < 1.29 is 19.1 Å². The van der Waals surface area contributed by atoms with Crippen LogP contribution in [0.5, 0.6) is 0 Å². The molecule has 6 heteroatoms. The fourth-order valence-corrected chi connectivity index (χ4v) is 2.89. The summed E-state index contributed by atoms with van der Waals surface area (Å²) in [6, 6.07) is 21.5. The molecular formula is C23H18ClNO4. The van der Waals surface area contributed by atoms with Gasteiger partial charge in [-0.1, -0.05) is 48.0 Å². The van der Waals surface area contributed by atoms with Gasteiger partial charge in [0, 0.05) is 28.8 Å². The maximum atomic E-state index is 13.1. The molecule has 0 aliphatic heterocycles. The van der Waals surface area contributed by atoms with E-state index in [1.165, 1.54) is 13.0 Å². The van der Waals surface area contributed by atoms with Crippen LogP contribution in [0.4, 0.5) is 5.69 Å². The van der Waals surface area contributed by atoms with Gasteiger partial charge in [0.25, 0.3) is 0 Å². The van der Waals surface area contributed by atoms with Crippen molar-refractivity contribution in [2.45, 2.75) is 13.0 Å². The molecule has 0 spiro atoms. The predicted molar refractivity (Wildman–Crippen MR) is 111 cm³/mol. The van der Waals surface area contributed by atoms with Crippen molar-refractivity contribution in [2.24, 2.45) is 0 Å². The summed E-state index contributed by atoms with van der Waals surface area (Å²) < 4.78 is 5.59. The Balaban J connectivity index is 1.89. The van der Waals surface area contributed by atoms with Crippen molar-refractivity contribution in [1.82, 2.24) is 0 Å². The zero-order chi connectivity index (χ0) is 20.8. The predicted octanol–water partition coefficient (Wildman–Crippen LogP) is 5.08. The second-order valence-corrected chi connectivity index (χ2v) is 6.77. The molecule has 1 atom stereocenters. The standard InChI is InChI=1S/C23H18ClNO4/c1-15(26)25-20-9-5-8-18(14-20)23(28)29-22(17-6-3-2-4-7-17)21(27)16-10-12-19(24)13-11-16/h2-14,22H,1H3,(H,25,26). The van der Waals surface area contributed by atoms with Crippen LogP contribution in [0.3, 0.4) is 0 Å². The molecule has 3 aromatic rings. The van der Waals surface area contributed by atoms with Crippen LogP contribution in [0.1, 0.15) is 39.3 Å². The smallest absolute Gasteiger partial charge is 0.339 e. The average Bonchev–Trinajstić information content (AvgIpc) is 2.72. The van der Waals surface area contributed by atoms with Gasteiger partial charge in [0.05, 0.1) is 5.56 Å². The number of hydrogen-bond donors (Lipinski definition) is 1. The number of carbonyl (C=O) groups excluding carboxylic acids is 3. The van der Waals surface area contributed by atoms with E-state index in [-0.39, 0.29) is 17.3 Å². The maximum Gasteiger partial charge on any atom is 0.339 e. The monoisotopic (exact) mass is 407 g/mol. The van der Waals surface area contributed by atoms with Crippen LogP contribution in [-0.2, 0) is 9.53 Å². The number of nitrogens with one attached hydrogen (secondary N) is 1. The fourth-order valence-electron chi connectivity index (χ4n) is 2.77. The molecule has 0 saturated carbocycles. The van der Waals surface area contributed by atoms with Gasteiger partial charge in [0.1, 0.15) is 0 Å². The highest BCUT2D eigenvalue weighted by atomic mass is 35.5. The Bertz CT molecular complexity index is 1030. The lowest BCUT2D eigenvalue weighted by Crippen LogP contribution is -2.20. The molecule has 3 rings (SSSR count). The number of anilines is 1. The Morgan fingerprint density at radius 2 is 1.55 bits per heavy atom. The molecule has 0 aliphatic rings. The first-order valence-electron chi connectivity index (χ1n) is 8.87. The van der Waals surface area contributed by atoms with E-state index < -0.39 is 12.1 Å². The quantitative estimate of drug-likeness (QED) is 0.457. The molecule has 0 saturated heterocycles. The van der Waals surface area contributed by atoms with Crippen LogP contribution in [0, 0.1) is 0 Å². The second-order valence-electron chi connectivity index (χ2n) is 6.33. The normalized spacial score (nSPS) is 11.4. The van der Waals surface area contributed by atoms with Gasteiger partial charge >= 0.3 is 5.97 Å². The molecule has 0 aliphatic carbocycles. The first kappa shape index (κ1) is 20.3. The largest absolute Gasteiger partial charge is 0.445 e. The van der Waals surface area contributed by atoms with E-state index in [2.05, 4.69) is 5.32 Å². The number of amides is 1. The first-order chi connectivity index (χ1) is 13.9. The third-order valence-electron chi connectivity index (χ3n) is 4.11. The lowest BCUT2D eigenvalue weighted by atomic mass is 9.99. The van der Waals surface area contributed by atoms with Crippen LogP contribution in [0.15, 0.2) is 78.9 Å². The number of Topliss-reactive ketones (excluding diaryl/α,β-unsaturated/α-hetero) is 1. The van der Waals surface area contributed by atoms with E-state index in [0.29, 0.717) is 21.8 Å². The molecule has 29 heavy (non-hydrogen) atoms. The summed E-state index contributed by atoms with van der Waals surface area (Å²) in [4.78, 5) is 37.1. The van der Waals surface area contributed by atoms with Crippen molar-refractivity contribution in [2.75, 3.05) is 5.32 Å². The highest BCUT2D eigenvalue weighted by Gasteiger charge is 2.26. The van der Waals surface area contributed by atoms with E-state index in [1.54, 1.807) is 66.7 Å². The lowest BCUT2D eigenvalue weighted by Gasteiger charge is -2.18. The maximum absolute atomic E-state index is 13.1. The minimum absolute atomic E-state index is 0.223. The fraction of sp³-hybridized carbons (Fsp3) is 0.0870. The molecule has 1 N–H and O–H groups in total. The summed E-state index contributed by atoms with van der Waals surface area (Å²) in [6.45, 7) is 1.38. The van der Waals surface area contributed by atoms with E-state index in [9.17, 15) is 14.4 Å². The number of rotatable bonds is 6. The van der Waals surface area contributed by atoms with Crippen molar-refractivity contribution in [1.29, 1.82) is 0 Å². The van der Waals surface area contributed by atoms with E-state index in [4.69, 9.17) is 16.3 Å².